The standard InChI is InChI=1S/C11H13N5/c1-8-5-13-11-14-10(15-16(11)7-8)9-3-2-4-12-6-9/h2-4,6,8H,5,7H2,1H3,(H,13,14,15). The van der Waals surface area contributed by atoms with Gasteiger partial charge >= 0.3 is 0 Å². The summed E-state index contributed by atoms with van der Waals surface area (Å²) >= 11 is 0. The van der Waals surface area contributed by atoms with Gasteiger partial charge in [-0.15, -0.1) is 5.10 Å². The molecule has 5 nitrogen and oxygen atoms in total. The Balaban J connectivity index is 1.99. The third kappa shape index (κ3) is 1.54. The van der Waals surface area contributed by atoms with E-state index in [9.17, 15) is 0 Å². The van der Waals surface area contributed by atoms with E-state index >= 15 is 0 Å². The molecule has 0 radical (unpaired) electrons. The maximum absolute atomic E-state index is 4.47. The number of anilines is 1. The molecule has 0 amide bonds. The molecule has 1 unspecified atom stereocenters. The van der Waals surface area contributed by atoms with Crippen molar-refractivity contribution in [2.75, 3.05) is 11.9 Å². The maximum Gasteiger partial charge on any atom is 0.221 e. The number of hydrogen-bond donors (Lipinski definition) is 1. The molecule has 5 heteroatoms. The Kier molecular flexibility index (Phi) is 2.09. The molecule has 0 saturated carbocycles. The minimum atomic E-state index is 0.593. The van der Waals surface area contributed by atoms with E-state index < -0.39 is 0 Å². The highest BCUT2D eigenvalue weighted by Crippen LogP contribution is 2.20. The molecule has 0 bridgehead atoms. The van der Waals surface area contributed by atoms with Gasteiger partial charge in [0.25, 0.3) is 0 Å². The van der Waals surface area contributed by atoms with Gasteiger partial charge in [0, 0.05) is 31.0 Å². The lowest BCUT2D eigenvalue weighted by Gasteiger charge is -2.19. The number of nitrogens with zero attached hydrogens (tertiary/aromatic N) is 4. The fourth-order valence-electron chi connectivity index (χ4n) is 1.84. The van der Waals surface area contributed by atoms with Gasteiger partial charge in [-0.05, 0) is 18.1 Å². The van der Waals surface area contributed by atoms with Crippen LogP contribution in [0.3, 0.4) is 0 Å². The maximum atomic E-state index is 4.47. The molecule has 2 aromatic heterocycles. The Labute approximate surface area is 93.5 Å². The van der Waals surface area contributed by atoms with Crippen LogP contribution in [0.4, 0.5) is 5.95 Å². The van der Waals surface area contributed by atoms with Crippen LogP contribution in [0.5, 0.6) is 0 Å². The van der Waals surface area contributed by atoms with Crippen LogP contribution in [-0.4, -0.2) is 26.3 Å². The summed E-state index contributed by atoms with van der Waals surface area (Å²) in [5.74, 6) is 2.19. The third-order valence-corrected chi connectivity index (χ3v) is 2.68. The summed E-state index contributed by atoms with van der Waals surface area (Å²) < 4.78 is 1.93. The second-order valence-corrected chi connectivity index (χ2v) is 4.17. The van der Waals surface area contributed by atoms with E-state index in [0.717, 1.165) is 30.4 Å². The molecule has 1 aliphatic rings. The van der Waals surface area contributed by atoms with E-state index in [1.807, 2.05) is 16.8 Å². The minimum Gasteiger partial charge on any atom is -0.354 e. The number of hydrogen-bond acceptors (Lipinski definition) is 4. The van der Waals surface area contributed by atoms with E-state index in [1.54, 1.807) is 12.4 Å². The normalized spacial score (nSPS) is 18.9. The first-order valence-corrected chi connectivity index (χ1v) is 5.42. The van der Waals surface area contributed by atoms with Gasteiger partial charge in [-0.25, -0.2) is 4.68 Å². The van der Waals surface area contributed by atoms with Gasteiger partial charge in [-0.2, -0.15) is 4.98 Å². The third-order valence-electron chi connectivity index (χ3n) is 2.68. The lowest BCUT2D eigenvalue weighted by Crippen LogP contribution is -2.25. The largest absolute Gasteiger partial charge is 0.354 e. The molecule has 0 aromatic carbocycles. The molecule has 3 heterocycles. The highest BCUT2D eigenvalue weighted by molar-refractivity contribution is 5.54. The van der Waals surface area contributed by atoms with E-state index in [4.69, 9.17) is 0 Å². The van der Waals surface area contributed by atoms with Crippen LogP contribution in [-0.2, 0) is 6.54 Å². The predicted molar refractivity (Wildman–Crippen MR) is 60.9 cm³/mol. The zero-order valence-electron chi connectivity index (χ0n) is 9.09. The lowest BCUT2D eigenvalue weighted by atomic mass is 10.1. The molecule has 3 rings (SSSR count). The fourth-order valence-corrected chi connectivity index (χ4v) is 1.84. The van der Waals surface area contributed by atoms with Crippen LogP contribution in [0.2, 0.25) is 0 Å². The predicted octanol–water partition coefficient (Wildman–Crippen LogP) is 1.40. The number of nitrogens with one attached hydrogen (secondary N) is 1. The van der Waals surface area contributed by atoms with Crippen LogP contribution in [0.15, 0.2) is 24.5 Å². The summed E-state index contributed by atoms with van der Waals surface area (Å²) in [5.41, 5.74) is 0.957. The van der Waals surface area contributed by atoms with Gasteiger partial charge in [0.05, 0.1) is 0 Å². The topological polar surface area (TPSA) is 55.6 Å². The Morgan fingerprint density at radius 2 is 2.44 bits per heavy atom. The molecular formula is C11H13N5. The summed E-state index contributed by atoms with van der Waals surface area (Å²) in [7, 11) is 0. The molecule has 2 aromatic rings. The van der Waals surface area contributed by atoms with Crippen LogP contribution in [0.1, 0.15) is 6.92 Å². The van der Waals surface area contributed by atoms with Crippen LogP contribution in [0, 0.1) is 5.92 Å². The lowest BCUT2D eigenvalue weighted by molar-refractivity contribution is 0.444. The summed E-state index contributed by atoms with van der Waals surface area (Å²) in [6.45, 7) is 4.09. The fraction of sp³-hybridized carbons (Fsp3) is 0.364. The minimum absolute atomic E-state index is 0.593. The van der Waals surface area contributed by atoms with Crippen LogP contribution < -0.4 is 5.32 Å². The molecule has 1 atom stereocenters. The van der Waals surface area contributed by atoms with E-state index in [2.05, 4.69) is 27.3 Å². The average molecular weight is 215 g/mol. The molecule has 0 spiro atoms. The molecule has 1 N–H and O–H groups in total. The van der Waals surface area contributed by atoms with Crippen LogP contribution in [0.25, 0.3) is 11.4 Å². The van der Waals surface area contributed by atoms with Gasteiger partial charge in [-0.1, -0.05) is 6.92 Å². The summed E-state index contributed by atoms with van der Waals surface area (Å²) in [6, 6.07) is 3.86. The Bertz CT molecular complexity index is 490. The first-order valence-electron chi connectivity index (χ1n) is 5.42. The number of rotatable bonds is 1. The number of fused-ring (bicyclic) bond motifs is 1. The van der Waals surface area contributed by atoms with Crippen molar-refractivity contribution in [1.82, 2.24) is 19.7 Å². The summed E-state index contributed by atoms with van der Waals surface area (Å²) in [4.78, 5) is 8.53. The molecular weight excluding hydrogens is 202 g/mol. The molecule has 1 aliphatic heterocycles. The molecule has 0 saturated heterocycles. The van der Waals surface area contributed by atoms with Gasteiger partial charge < -0.3 is 5.32 Å². The Morgan fingerprint density at radius 1 is 1.50 bits per heavy atom. The van der Waals surface area contributed by atoms with Crippen molar-refractivity contribution >= 4 is 5.95 Å². The molecule has 0 fully saturated rings. The second kappa shape index (κ2) is 3.59. The van der Waals surface area contributed by atoms with Crippen molar-refractivity contribution in [1.29, 1.82) is 0 Å². The highest BCUT2D eigenvalue weighted by atomic mass is 15.4. The monoisotopic (exact) mass is 215 g/mol. The summed E-state index contributed by atoms with van der Waals surface area (Å²) in [6.07, 6.45) is 3.53. The Hall–Kier alpha value is -1.91. The first-order chi connectivity index (χ1) is 7.83. The van der Waals surface area contributed by atoms with Crippen LogP contribution >= 0.6 is 0 Å². The van der Waals surface area contributed by atoms with Crippen molar-refractivity contribution < 1.29 is 0 Å². The van der Waals surface area contributed by atoms with Crippen molar-refractivity contribution in [2.45, 2.75) is 13.5 Å². The number of aromatic nitrogens is 4. The average Bonchev–Trinajstić information content (AvgIpc) is 2.73. The van der Waals surface area contributed by atoms with E-state index in [0.29, 0.717) is 5.92 Å². The first kappa shape index (κ1) is 9.33. The van der Waals surface area contributed by atoms with Gasteiger partial charge in [0.15, 0.2) is 5.82 Å². The van der Waals surface area contributed by atoms with Crippen molar-refractivity contribution in [3.05, 3.63) is 24.5 Å². The van der Waals surface area contributed by atoms with Crippen molar-refractivity contribution in [2.24, 2.45) is 5.92 Å². The van der Waals surface area contributed by atoms with Gasteiger partial charge in [-0.3, -0.25) is 4.98 Å². The molecule has 0 aliphatic carbocycles. The van der Waals surface area contributed by atoms with Gasteiger partial charge in [0.2, 0.25) is 5.95 Å². The molecule has 82 valence electrons. The smallest absolute Gasteiger partial charge is 0.221 e. The summed E-state index contributed by atoms with van der Waals surface area (Å²) in [5, 5.41) is 7.75. The van der Waals surface area contributed by atoms with E-state index in [1.165, 1.54) is 0 Å². The van der Waals surface area contributed by atoms with Crippen molar-refractivity contribution in [3.8, 4) is 11.4 Å². The SMILES string of the molecule is CC1CNc2nc(-c3cccnc3)nn2C1. The van der Waals surface area contributed by atoms with Crippen molar-refractivity contribution in [3.63, 3.8) is 0 Å². The second-order valence-electron chi connectivity index (χ2n) is 4.17. The quantitative estimate of drug-likeness (QED) is 0.781. The zero-order chi connectivity index (χ0) is 11.0. The van der Waals surface area contributed by atoms with E-state index in [-0.39, 0.29) is 0 Å². The number of pyridine rings is 1. The molecule has 16 heavy (non-hydrogen) atoms. The highest BCUT2D eigenvalue weighted by Gasteiger charge is 2.18. The Morgan fingerprint density at radius 3 is 3.25 bits per heavy atom. The zero-order valence-corrected chi connectivity index (χ0v) is 9.09. The van der Waals surface area contributed by atoms with Gasteiger partial charge in [0.1, 0.15) is 0 Å².